The first-order valence-electron chi connectivity index (χ1n) is 8.04. The van der Waals surface area contributed by atoms with Gasteiger partial charge in [-0.1, -0.05) is 35.2 Å². The number of thioether (sulfide) groups is 1. The summed E-state index contributed by atoms with van der Waals surface area (Å²) in [6.07, 6.45) is 1.31. The Kier molecular flexibility index (Phi) is 5.45. The molecule has 8 nitrogen and oxygen atoms in total. The SMILES string of the molecule is CC(=O)[C@@H](Sc1ncnc2c1nnn2Cc1ccccc1F)C(=O)N(C)C. The maximum Gasteiger partial charge on any atom is 0.243 e. The van der Waals surface area contributed by atoms with Crippen molar-refractivity contribution >= 4 is 34.6 Å². The molecule has 140 valence electrons. The van der Waals surface area contributed by atoms with Crippen LogP contribution < -0.4 is 0 Å². The summed E-state index contributed by atoms with van der Waals surface area (Å²) in [5.74, 6) is -0.972. The topological polar surface area (TPSA) is 93.9 Å². The summed E-state index contributed by atoms with van der Waals surface area (Å²) in [5.41, 5.74) is 1.20. The lowest BCUT2D eigenvalue weighted by Crippen LogP contribution is -2.36. The molecule has 0 aliphatic carbocycles. The molecule has 0 unspecified atom stereocenters. The lowest BCUT2D eigenvalue weighted by molar-refractivity contribution is -0.132. The van der Waals surface area contributed by atoms with Crippen molar-refractivity contribution in [2.75, 3.05) is 14.1 Å². The Bertz CT molecular complexity index is 1010. The number of carbonyl (C=O) groups is 2. The molecule has 0 aliphatic heterocycles. The number of Topliss-reactive ketones (excluding diaryl/α,β-unsaturated/α-hetero) is 1. The van der Waals surface area contributed by atoms with Gasteiger partial charge in [0.25, 0.3) is 0 Å². The molecule has 10 heteroatoms. The van der Waals surface area contributed by atoms with Gasteiger partial charge >= 0.3 is 0 Å². The quantitative estimate of drug-likeness (QED) is 0.359. The lowest BCUT2D eigenvalue weighted by Gasteiger charge is -2.17. The van der Waals surface area contributed by atoms with Crippen LogP contribution in [0.1, 0.15) is 12.5 Å². The molecular formula is C17H17FN6O2S. The molecule has 3 aromatic rings. The van der Waals surface area contributed by atoms with Crippen LogP contribution >= 0.6 is 11.8 Å². The van der Waals surface area contributed by atoms with Crippen molar-refractivity contribution in [3.05, 3.63) is 42.0 Å². The average molecular weight is 388 g/mol. The van der Waals surface area contributed by atoms with Crippen LogP contribution in [0.2, 0.25) is 0 Å². The molecule has 0 bridgehead atoms. The maximum atomic E-state index is 13.9. The summed E-state index contributed by atoms with van der Waals surface area (Å²) in [7, 11) is 3.16. The highest BCUT2D eigenvalue weighted by molar-refractivity contribution is 8.01. The fourth-order valence-corrected chi connectivity index (χ4v) is 3.46. The Morgan fingerprint density at radius 2 is 2.00 bits per heavy atom. The van der Waals surface area contributed by atoms with Gasteiger partial charge in [-0.25, -0.2) is 19.0 Å². The molecular weight excluding hydrogens is 371 g/mol. The number of halogens is 1. The van der Waals surface area contributed by atoms with Gasteiger partial charge in [0.2, 0.25) is 5.91 Å². The van der Waals surface area contributed by atoms with Crippen LogP contribution in [0, 0.1) is 5.82 Å². The van der Waals surface area contributed by atoms with Crippen molar-refractivity contribution < 1.29 is 14.0 Å². The predicted molar refractivity (Wildman–Crippen MR) is 97.6 cm³/mol. The zero-order valence-electron chi connectivity index (χ0n) is 15.0. The molecule has 0 saturated carbocycles. The first-order valence-corrected chi connectivity index (χ1v) is 8.92. The number of nitrogens with zero attached hydrogens (tertiary/aromatic N) is 6. The second-order valence-corrected chi connectivity index (χ2v) is 7.12. The zero-order valence-corrected chi connectivity index (χ0v) is 15.8. The van der Waals surface area contributed by atoms with Crippen molar-refractivity contribution in [1.82, 2.24) is 29.9 Å². The molecule has 1 aromatic carbocycles. The molecule has 0 radical (unpaired) electrons. The molecule has 1 atom stereocenters. The van der Waals surface area contributed by atoms with Gasteiger partial charge in [0.1, 0.15) is 22.4 Å². The van der Waals surface area contributed by atoms with Gasteiger partial charge in [0, 0.05) is 19.7 Å². The molecule has 2 aromatic heterocycles. The summed E-state index contributed by atoms with van der Waals surface area (Å²) in [6, 6.07) is 6.37. The first kappa shape index (κ1) is 18.9. The Balaban J connectivity index is 1.95. The van der Waals surface area contributed by atoms with Crippen molar-refractivity contribution in [3.63, 3.8) is 0 Å². The van der Waals surface area contributed by atoms with E-state index in [4.69, 9.17) is 0 Å². The summed E-state index contributed by atoms with van der Waals surface area (Å²) in [5, 5.41) is 7.53. The molecule has 27 heavy (non-hydrogen) atoms. The fourth-order valence-electron chi connectivity index (χ4n) is 2.41. The number of benzene rings is 1. The van der Waals surface area contributed by atoms with Crippen molar-refractivity contribution in [1.29, 1.82) is 0 Å². The van der Waals surface area contributed by atoms with E-state index in [0.29, 0.717) is 21.8 Å². The van der Waals surface area contributed by atoms with E-state index in [1.54, 1.807) is 32.3 Å². The number of aromatic nitrogens is 5. The van der Waals surface area contributed by atoms with E-state index < -0.39 is 5.25 Å². The number of carbonyl (C=O) groups excluding carboxylic acids is 2. The van der Waals surface area contributed by atoms with E-state index in [9.17, 15) is 14.0 Å². The van der Waals surface area contributed by atoms with Gasteiger partial charge in [0.05, 0.1) is 6.54 Å². The highest BCUT2D eigenvalue weighted by Crippen LogP contribution is 2.28. The van der Waals surface area contributed by atoms with Gasteiger partial charge in [-0.05, 0) is 13.0 Å². The molecule has 0 fully saturated rings. The molecule has 0 spiro atoms. The summed E-state index contributed by atoms with van der Waals surface area (Å²) < 4.78 is 15.4. The number of amides is 1. The Morgan fingerprint density at radius 1 is 1.26 bits per heavy atom. The zero-order chi connectivity index (χ0) is 19.6. The number of rotatable bonds is 6. The van der Waals surface area contributed by atoms with E-state index >= 15 is 0 Å². The van der Waals surface area contributed by atoms with Gasteiger partial charge in [0.15, 0.2) is 16.9 Å². The third-order valence-electron chi connectivity index (χ3n) is 3.81. The van der Waals surface area contributed by atoms with Crippen molar-refractivity contribution in [2.45, 2.75) is 23.7 Å². The van der Waals surface area contributed by atoms with E-state index in [2.05, 4.69) is 20.3 Å². The number of hydrogen-bond donors (Lipinski definition) is 0. The second-order valence-electron chi connectivity index (χ2n) is 6.03. The Morgan fingerprint density at radius 3 is 2.67 bits per heavy atom. The molecule has 0 N–H and O–H groups in total. The van der Waals surface area contributed by atoms with E-state index in [0.717, 1.165) is 11.8 Å². The summed E-state index contributed by atoms with van der Waals surface area (Å²) in [4.78, 5) is 33.9. The van der Waals surface area contributed by atoms with Crippen LogP contribution in [0.25, 0.3) is 11.2 Å². The van der Waals surface area contributed by atoms with Gasteiger partial charge in [-0.3, -0.25) is 9.59 Å². The Hall–Kier alpha value is -2.88. The number of fused-ring (bicyclic) bond motifs is 1. The standard InChI is InChI=1S/C17H17FN6O2S/c1-10(25)14(17(26)23(2)3)27-16-13-15(19-9-20-16)24(22-21-13)8-11-6-4-5-7-12(11)18/h4-7,9,14H,8H2,1-3H3/t14-/m1/s1. The molecule has 0 aliphatic rings. The minimum atomic E-state index is -0.935. The lowest BCUT2D eigenvalue weighted by atomic mass is 10.2. The van der Waals surface area contributed by atoms with Crippen LogP contribution in [0.5, 0.6) is 0 Å². The van der Waals surface area contributed by atoms with Gasteiger partial charge < -0.3 is 4.90 Å². The monoisotopic (exact) mass is 388 g/mol. The largest absolute Gasteiger partial charge is 0.347 e. The van der Waals surface area contributed by atoms with Crippen LogP contribution in [-0.4, -0.2) is 60.9 Å². The molecule has 2 heterocycles. The van der Waals surface area contributed by atoms with Crippen LogP contribution in [0.3, 0.4) is 0 Å². The molecule has 1 amide bonds. The van der Waals surface area contributed by atoms with Crippen molar-refractivity contribution in [2.24, 2.45) is 0 Å². The maximum absolute atomic E-state index is 13.9. The summed E-state index contributed by atoms with van der Waals surface area (Å²) >= 11 is 1.00. The number of ketones is 1. The normalized spacial score (nSPS) is 12.1. The average Bonchev–Trinajstić information content (AvgIpc) is 3.04. The van der Waals surface area contributed by atoms with Gasteiger partial charge in [-0.2, -0.15) is 0 Å². The van der Waals surface area contributed by atoms with E-state index in [-0.39, 0.29) is 24.1 Å². The predicted octanol–water partition coefficient (Wildman–Crippen LogP) is 1.55. The third kappa shape index (κ3) is 3.95. The fraction of sp³-hybridized carbons (Fsp3) is 0.294. The number of hydrogen-bond acceptors (Lipinski definition) is 7. The third-order valence-corrected chi connectivity index (χ3v) is 5.10. The second kappa shape index (κ2) is 7.78. The first-order chi connectivity index (χ1) is 12.9. The van der Waals surface area contributed by atoms with E-state index in [1.165, 1.54) is 28.9 Å². The highest BCUT2D eigenvalue weighted by Gasteiger charge is 2.28. The molecule has 3 rings (SSSR count). The minimum Gasteiger partial charge on any atom is -0.347 e. The van der Waals surface area contributed by atoms with Crippen molar-refractivity contribution in [3.8, 4) is 0 Å². The summed E-state index contributed by atoms with van der Waals surface area (Å²) in [6.45, 7) is 1.50. The van der Waals surface area contributed by atoms with Gasteiger partial charge in [-0.15, -0.1) is 5.10 Å². The van der Waals surface area contributed by atoms with Crippen LogP contribution in [0.15, 0.2) is 35.6 Å². The Labute approximate surface area is 158 Å². The minimum absolute atomic E-state index is 0.150. The smallest absolute Gasteiger partial charge is 0.243 e. The highest BCUT2D eigenvalue weighted by atomic mass is 32.2. The van der Waals surface area contributed by atoms with Crippen LogP contribution in [0.4, 0.5) is 4.39 Å². The van der Waals surface area contributed by atoms with Crippen LogP contribution in [-0.2, 0) is 16.1 Å². The molecule has 0 saturated heterocycles. The van der Waals surface area contributed by atoms with E-state index in [1.807, 2.05) is 0 Å².